The number of carbonyl (C=O) groups is 2. The van der Waals surface area contributed by atoms with Crippen LogP contribution in [0.3, 0.4) is 0 Å². The Morgan fingerprint density at radius 3 is 2.83 bits per heavy atom. The smallest absolute Gasteiger partial charge is 0.344 e. The summed E-state index contributed by atoms with van der Waals surface area (Å²) in [6, 6.07) is -1.29. The zero-order valence-corrected chi connectivity index (χ0v) is 13.2. The number of allylic oxidation sites excluding steroid dienone is 1. The maximum Gasteiger partial charge on any atom is 0.344 e. The Hall–Kier alpha value is -2.12. The third-order valence-electron chi connectivity index (χ3n) is 4.61. The number of carboxylic acids is 2. The molecule has 0 radical (unpaired) electrons. The molecule has 7 heteroatoms. The van der Waals surface area contributed by atoms with Gasteiger partial charge in [-0.2, -0.15) is 0 Å². The number of aliphatic carboxylic acids is 2. The van der Waals surface area contributed by atoms with E-state index in [2.05, 4.69) is 0 Å². The van der Waals surface area contributed by atoms with Gasteiger partial charge in [0, 0.05) is 6.42 Å². The van der Waals surface area contributed by atoms with Gasteiger partial charge < -0.3 is 25.4 Å². The second-order valence-corrected chi connectivity index (χ2v) is 6.30. The molecule has 0 bridgehead atoms. The molecule has 1 saturated carbocycles. The quantitative estimate of drug-likeness (QED) is 0.670. The van der Waals surface area contributed by atoms with Gasteiger partial charge in [-0.15, -0.1) is 0 Å². The number of nitrogens with two attached hydrogens (primary N) is 1. The highest BCUT2D eigenvalue weighted by molar-refractivity contribution is 5.77. The molecule has 0 amide bonds. The fourth-order valence-electron chi connectivity index (χ4n) is 3.37. The molecule has 130 valence electrons. The maximum atomic E-state index is 11.3. The van der Waals surface area contributed by atoms with Gasteiger partial charge in [-0.05, 0) is 48.6 Å². The molecule has 4 atom stereocenters. The van der Waals surface area contributed by atoms with Crippen molar-refractivity contribution in [3.8, 4) is 0 Å². The van der Waals surface area contributed by atoms with E-state index in [0.29, 0.717) is 5.76 Å². The second-order valence-electron chi connectivity index (χ2n) is 6.30. The maximum absolute atomic E-state index is 11.3. The summed E-state index contributed by atoms with van der Waals surface area (Å²) in [6.45, 7) is 0. The molecule has 3 aliphatic rings. The second kappa shape index (κ2) is 6.78. The molecule has 1 heterocycles. The van der Waals surface area contributed by atoms with Gasteiger partial charge >= 0.3 is 11.9 Å². The first-order chi connectivity index (χ1) is 11.5. The van der Waals surface area contributed by atoms with Crippen LogP contribution < -0.4 is 5.73 Å². The van der Waals surface area contributed by atoms with E-state index in [-0.39, 0.29) is 18.6 Å². The summed E-state index contributed by atoms with van der Waals surface area (Å²) >= 11 is 0. The number of carboxylic acid groups (broad SMARTS) is 2. The predicted molar refractivity (Wildman–Crippen MR) is 84.1 cm³/mol. The molecule has 2 aliphatic carbocycles. The van der Waals surface area contributed by atoms with Crippen molar-refractivity contribution in [2.24, 2.45) is 5.73 Å². The molecule has 7 nitrogen and oxygen atoms in total. The number of hydrogen-bond donors (Lipinski definition) is 3. The first-order valence-electron chi connectivity index (χ1n) is 8.12. The van der Waals surface area contributed by atoms with Crippen LogP contribution in [0, 0.1) is 0 Å². The van der Waals surface area contributed by atoms with E-state index < -0.39 is 24.1 Å². The van der Waals surface area contributed by atoms with E-state index in [1.54, 1.807) is 6.08 Å². The highest BCUT2D eigenvalue weighted by Gasteiger charge is 2.35. The number of hydrogen-bond acceptors (Lipinski definition) is 5. The monoisotopic (exact) mass is 335 g/mol. The minimum atomic E-state index is -1.31. The molecule has 0 saturated heterocycles. The van der Waals surface area contributed by atoms with Gasteiger partial charge in [0.25, 0.3) is 0 Å². The highest BCUT2D eigenvalue weighted by Crippen LogP contribution is 2.40. The first-order valence-corrected chi connectivity index (χ1v) is 8.12. The van der Waals surface area contributed by atoms with Crippen molar-refractivity contribution in [1.29, 1.82) is 0 Å². The molecule has 1 fully saturated rings. The van der Waals surface area contributed by atoms with Crippen molar-refractivity contribution in [3.63, 3.8) is 0 Å². The Morgan fingerprint density at radius 2 is 2.12 bits per heavy atom. The van der Waals surface area contributed by atoms with Crippen LogP contribution in [-0.4, -0.2) is 46.5 Å². The van der Waals surface area contributed by atoms with Crippen molar-refractivity contribution in [2.75, 3.05) is 0 Å². The summed E-state index contributed by atoms with van der Waals surface area (Å²) in [5.41, 5.74) is 7.74. The summed E-state index contributed by atoms with van der Waals surface area (Å²) in [4.78, 5) is 22.2. The third kappa shape index (κ3) is 3.37. The molecule has 24 heavy (non-hydrogen) atoms. The van der Waals surface area contributed by atoms with Crippen molar-refractivity contribution < 1.29 is 29.3 Å². The van der Waals surface area contributed by atoms with Gasteiger partial charge in [-0.3, -0.25) is 4.79 Å². The average Bonchev–Trinajstić information content (AvgIpc) is 2.92. The number of ether oxygens (including phenoxy) is 2. The number of rotatable bonds is 6. The topological polar surface area (TPSA) is 119 Å². The summed E-state index contributed by atoms with van der Waals surface area (Å²) in [5, 5.41) is 18.1. The lowest BCUT2D eigenvalue weighted by Crippen LogP contribution is -2.38. The highest BCUT2D eigenvalue weighted by atomic mass is 16.5. The lowest BCUT2D eigenvalue weighted by Gasteiger charge is -2.21. The summed E-state index contributed by atoms with van der Waals surface area (Å²) in [7, 11) is 0. The van der Waals surface area contributed by atoms with E-state index in [1.807, 2.05) is 12.2 Å². The zero-order valence-electron chi connectivity index (χ0n) is 13.2. The van der Waals surface area contributed by atoms with Crippen LogP contribution in [0.4, 0.5) is 0 Å². The van der Waals surface area contributed by atoms with Crippen molar-refractivity contribution in [2.45, 2.75) is 56.5 Å². The fourth-order valence-corrected chi connectivity index (χ4v) is 3.37. The van der Waals surface area contributed by atoms with Crippen LogP contribution in [0.5, 0.6) is 0 Å². The molecule has 3 rings (SSSR count). The van der Waals surface area contributed by atoms with Gasteiger partial charge in [0.1, 0.15) is 17.9 Å². The van der Waals surface area contributed by atoms with Crippen molar-refractivity contribution >= 4 is 11.9 Å². The van der Waals surface area contributed by atoms with Crippen molar-refractivity contribution in [3.05, 3.63) is 35.1 Å². The van der Waals surface area contributed by atoms with Crippen LogP contribution in [-0.2, 0) is 19.1 Å². The molecular formula is C17H21NO6. The molecule has 0 aromatic rings. The first kappa shape index (κ1) is 16.7. The molecule has 0 aromatic heterocycles. The fraction of sp³-hybridized carbons (Fsp3) is 0.529. The third-order valence-corrected chi connectivity index (χ3v) is 4.61. The Labute approximate surface area is 139 Å². The van der Waals surface area contributed by atoms with E-state index in [9.17, 15) is 14.7 Å². The van der Waals surface area contributed by atoms with Crippen LogP contribution in [0.25, 0.3) is 0 Å². The average molecular weight is 335 g/mol. The van der Waals surface area contributed by atoms with E-state index in [4.69, 9.17) is 20.3 Å². The molecule has 0 spiro atoms. The summed E-state index contributed by atoms with van der Waals surface area (Å²) in [6.07, 6.45) is 8.06. The van der Waals surface area contributed by atoms with Crippen LogP contribution >= 0.6 is 0 Å². The summed E-state index contributed by atoms with van der Waals surface area (Å²) in [5.74, 6) is -2.09. The van der Waals surface area contributed by atoms with E-state index in [1.165, 1.54) is 5.57 Å². The minimum Gasteiger partial charge on any atom is -0.480 e. The van der Waals surface area contributed by atoms with Gasteiger partial charge in [0.2, 0.25) is 0 Å². The largest absolute Gasteiger partial charge is 0.480 e. The van der Waals surface area contributed by atoms with Gasteiger partial charge in [0.15, 0.2) is 6.10 Å². The van der Waals surface area contributed by atoms with Gasteiger partial charge in [-0.1, -0.05) is 6.42 Å². The van der Waals surface area contributed by atoms with E-state index in [0.717, 1.165) is 31.3 Å². The van der Waals surface area contributed by atoms with Crippen LogP contribution in [0.2, 0.25) is 0 Å². The van der Waals surface area contributed by atoms with Gasteiger partial charge in [-0.25, -0.2) is 4.79 Å². The van der Waals surface area contributed by atoms with Crippen LogP contribution in [0.15, 0.2) is 35.1 Å². The van der Waals surface area contributed by atoms with E-state index >= 15 is 0 Å². The molecule has 1 aliphatic heterocycles. The van der Waals surface area contributed by atoms with Gasteiger partial charge in [0.05, 0.1) is 6.10 Å². The Balaban J connectivity index is 1.75. The van der Waals surface area contributed by atoms with Crippen LogP contribution in [0.1, 0.15) is 32.1 Å². The lowest BCUT2D eigenvalue weighted by atomic mass is 9.88. The molecule has 4 N–H and O–H groups in total. The van der Waals surface area contributed by atoms with Crippen molar-refractivity contribution in [1.82, 2.24) is 0 Å². The number of fused-ring (bicyclic) bond motifs is 2. The summed E-state index contributed by atoms with van der Waals surface area (Å²) < 4.78 is 11.5. The standard InChI is InChI=1S/C17H21NO6/c18-12(16(19)20)8-15(17(21)22)23-9-5-6-14-11(7-9)10-3-1-2-4-13(10)24-14/h5-7,12-15H,1-4,8,18H2,(H,19,20)(H,21,22)/t12-,13?,14?,15?/m0/s1. The molecule has 3 unspecified atom stereocenters. The lowest BCUT2D eigenvalue weighted by molar-refractivity contribution is -0.149. The molecular weight excluding hydrogens is 314 g/mol. The predicted octanol–water partition coefficient (Wildman–Crippen LogP) is 1.35. The minimum absolute atomic E-state index is 0.0972. The molecule has 0 aromatic carbocycles. The zero-order chi connectivity index (χ0) is 17.3. The normalized spacial score (nSPS) is 27.8. The Bertz CT molecular complexity index is 635. The Kier molecular flexibility index (Phi) is 4.73. The Morgan fingerprint density at radius 1 is 1.33 bits per heavy atom. The SMILES string of the molecule is N[C@@H](CC(OC1=CC2=C3CCCCC3OC2C=C1)C(=O)O)C(=O)O.